The van der Waals surface area contributed by atoms with Gasteiger partial charge >= 0.3 is 0 Å². The van der Waals surface area contributed by atoms with Gasteiger partial charge in [-0.05, 0) is 36.8 Å². The van der Waals surface area contributed by atoms with Crippen LogP contribution >= 0.6 is 0 Å². The van der Waals surface area contributed by atoms with Crippen molar-refractivity contribution in [1.82, 2.24) is 0 Å². The number of hydrogen-bond acceptors (Lipinski definition) is 5. The summed E-state index contributed by atoms with van der Waals surface area (Å²) in [7, 11) is 0. The lowest BCUT2D eigenvalue weighted by Crippen LogP contribution is -2.43. The van der Waals surface area contributed by atoms with Gasteiger partial charge in [-0.1, -0.05) is 48.5 Å². The Labute approximate surface area is 180 Å². The Hall–Kier alpha value is -3.64. The Morgan fingerprint density at radius 3 is 2.45 bits per heavy atom. The minimum Gasteiger partial charge on any atom is -0.507 e. The zero-order chi connectivity index (χ0) is 22.0. The maximum absolute atomic E-state index is 13.3. The molecule has 0 radical (unpaired) electrons. The van der Waals surface area contributed by atoms with E-state index in [1.807, 2.05) is 31.2 Å². The number of phenolic OH excluding ortho intramolecular Hbond substituents is 1. The van der Waals surface area contributed by atoms with Gasteiger partial charge in [0, 0.05) is 5.56 Å². The predicted molar refractivity (Wildman–Crippen MR) is 116 cm³/mol. The minimum absolute atomic E-state index is 0.0718. The van der Waals surface area contributed by atoms with Crippen LogP contribution in [0.25, 0.3) is 0 Å². The average Bonchev–Trinajstić information content (AvgIpc) is 2.97. The number of aliphatic hydroxyl groups is 1. The molecule has 1 aliphatic heterocycles. The van der Waals surface area contributed by atoms with Crippen molar-refractivity contribution in [3.8, 4) is 11.5 Å². The second-order valence-corrected chi connectivity index (χ2v) is 7.57. The molecule has 1 aliphatic rings. The molecule has 0 fully saturated rings. The number of amides is 1. The fraction of sp³-hybridized carbons (Fsp3) is 0.200. The van der Waals surface area contributed by atoms with E-state index in [1.54, 1.807) is 36.4 Å². The van der Waals surface area contributed by atoms with Crippen LogP contribution < -0.4 is 9.64 Å². The number of para-hydroxylation sites is 3. The second-order valence-electron chi connectivity index (χ2n) is 7.57. The topological polar surface area (TPSA) is 87.1 Å². The molecule has 1 heterocycles. The molecule has 1 atom stereocenters. The second kappa shape index (κ2) is 8.24. The molecule has 0 saturated carbocycles. The zero-order valence-corrected chi connectivity index (χ0v) is 17.1. The van der Waals surface area contributed by atoms with Crippen molar-refractivity contribution >= 4 is 17.4 Å². The van der Waals surface area contributed by atoms with Crippen molar-refractivity contribution in [3.05, 3.63) is 89.5 Å². The average molecular weight is 417 g/mol. The SMILES string of the molecule is Cc1ccccc1OCCN1C(=O)[C@](O)(CC(=O)c2ccccc2O)c2ccccc21. The van der Waals surface area contributed by atoms with E-state index in [0.29, 0.717) is 11.3 Å². The number of Topliss-reactive ketones (excluding diaryl/α,β-unsaturated/α-hetero) is 1. The van der Waals surface area contributed by atoms with Crippen LogP contribution in [0.1, 0.15) is 27.9 Å². The number of aromatic hydroxyl groups is 1. The summed E-state index contributed by atoms with van der Waals surface area (Å²) in [5, 5.41) is 21.3. The predicted octanol–water partition coefficient (Wildman–Crippen LogP) is 3.59. The fourth-order valence-electron chi connectivity index (χ4n) is 3.90. The highest BCUT2D eigenvalue weighted by Gasteiger charge is 2.50. The number of ketones is 1. The van der Waals surface area contributed by atoms with Gasteiger partial charge in [-0.3, -0.25) is 9.59 Å². The van der Waals surface area contributed by atoms with E-state index in [9.17, 15) is 19.8 Å². The summed E-state index contributed by atoms with van der Waals surface area (Å²) in [5.41, 5.74) is -0.0189. The number of fused-ring (bicyclic) bond motifs is 1. The lowest BCUT2D eigenvalue weighted by Gasteiger charge is -2.23. The molecule has 0 spiro atoms. The highest BCUT2D eigenvalue weighted by Crippen LogP contribution is 2.43. The van der Waals surface area contributed by atoms with Gasteiger partial charge in [0.1, 0.15) is 18.1 Å². The number of benzene rings is 3. The molecule has 6 heteroatoms. The first-order valence-corrected chi connectivity index (χ1v) is 10.1. The Balaban J connectivity index is 1.56. The van der Waals surface area contributed by atoms with E-state index in [1.165, 1.54) is 17.0 Å². The highest BCUT2D eigenvalue weighted by atomic mass is 16.5. The number of rotatable bonds is 7. The number of phenols is 1. The normalized spacial score (nSPS) is 17.5. The first kappa shape index (κ1) is 20.6. The number of hydrogen-bond donors (Lipinski definition) is 2. The molecule has 0 aliphatic carbocycles. The van der Waals surface area contributed by atoms with Crippen LogP contribution in [-0.2, 0) is 10.4 Å². The summed E-state index contributed by atoms with van der Waals surface area (Å²) >= 11 is 0. The molecule has 2 N–H and O–H groups in total. The Bertz CT molecular complexity index is 1140. The summed E-state index contributed by atoms with van der Waals surface area (Å²) in [6.45, 7) is 2.39. The van der Waals surface area contributed by atoms with Crippen LogP contribution in [0.15, 0.2) is 72.8 Å². The van der Waals surface area contributed by atoms with Crippen LogP contribution in [0, 0.1) is 6.92 Å². The number of carbonyl (C=O) groups excluding carboxylic acids is 2. The van der Waals surface area contributed by atoms with Crippen molar-refractivity contribution < 1.29 is 24.5 Å². The third kappa shape index (κ3) is 3.78. The van der Waals surface area contributed by atoms with E-state index in [2.05, 4.69) is 0 Å². The Kier molecular flexibility index (Phi) is 5.48. The summed E-state index contributed by atoms with van der Waals surface area (Å²) in [4.78, 5) is 27.5. The number of nitrogens with zero attached hydrogens (tertiary/aromatic N) is 1. The summed E-state index contributed by atoms with van der Waals surface area (Å²) < 4.78 is 5.82. The molecule has 0 unspecified atom stereocenters. The summed E-state index contributed by atoms with van der Waals surface area (Å²) in [5.74, 6) is -0.543. The van der Waals surface area contributed by atoms with Crippen molar-refractivity contribution in [2.75, 3.05) is 18.1 Å². The first-order valence-electron chi connectivity index (χ1n) is 10.1. The quantitative estimate of drug-likeness (QED) is 0.574. The molecule has 0 saturated heterocycles. The maximum Gasteiger partial charge on any atom is 0.264 e. The highest BCUT2D eigenvalue weighted by molar-refractivity contribution is 6.11. The van der Waals surface area contributed by atoms with Gasteiger partial charge in [0.05, 0.1) is 24.2 Å². The third-order valence-corrected chi connectivity index (χ3v) is 5.53. The molecule has 3 aromatic rings. The van der Waals surface area contributed by atoms with E-state index in [0.717, 1.165) is 11.3 Å². The van der Waals surface area contributed by atoms with E-state index < -0.39 is 23.7 Å². The van der Waals surface area contributed by atoms with Crippen molar-refractivity contribution in [3.63, 3.8) is 0 Å². The van der Waals surface area contributed by atoms with E-state index >= 15 is 0 Å². The summed E-state index contributed by atoms with van der Waals surface area (Å²) in [6, 6.07) is 20.6. The Morgan fingerprint density at radius 2 is 1.68 bits per heavy atom. The van der Waals surface area contributed by atoms with Crippen LogP contribution in [-0.4, -0.2) is 35.1 Å². The van der Waals surface area contributed by atoms with Crippen molar-refractivity contribution in [1.29, 1.82) is 0 Å². The van der Waals surface area contributed by atoms with Gasteiger partial charge in [-0.2, -0.15) is 0 Å². The Morgan fingerprint density at radius 1 is 1.00 bits per heavy atom. The van der Waals surface area contributed by atoms with Crippen LogP contribution in [0.3, 0.4) is 0 Å². The molecule has 6 nitrogen and oxygen atoms in total. The monoisotopic (exact) mass is 417 g/mol. The van der Waals surface area contributed by atoms with E-state index in [-0.39, 0.29) is 24.5 Å². The third-order valence-electron chi connectivity index (χ3n) is 5.53. The van der Waals surface area contributed by atoms with Crippen molar-refractivity contribution in [2.45, 2.75) is 18.9 Å². The number of anilines is 1. The molecular formula is C25H23NO5. The van der Waals surface area contributed by atoms with Gasteiger partial charge < -0.3 is 19.8 Å². The fourth-order valence-corrected chi connectivity index (χ4v) is 3.90. The van der Waals surface area contributed by atoms with Crippen LogP contribution in [0.4, 0.5) is 5.69 Å². The number of aryl methyl sites for hydroxylation is 1. The molecule has 4 rings (SSSR count). The minimum atomic E-state index is -2.00. The molecule has 3 aromatic carbocycles. The van der Waals surface area contributed by atoms with Crippen LogP contribution in [0.5, 0.6) is 11.5 Å². The van der Waals surface area contributed by atoms with E-state index in [4.69, 9.17) is 4.74 Å². The standard InChI is InChI=1S/C25H23NO5/c1-17-8-2-7-13-23(17)31-15-14-26-20-11-5-4-10-19(20)25(30,24(26)29)16-22(28)18-9-3-6-12-21(18)27/h2-13,27,30H,14-16H2,1H3/t25-/m0/s1. The lowest BCUT2D eigenvalue weighted by molar-refractivity contribution is -0.135. The molecule has 0 bridgehead atoms. The smallest absolute Gasteiger partial charge is 0.264 e. The molecule has 0 aromatic heterocycles. The zero-order valence-electron chi connectivity index (χ0n) is 17.1. The molecule has 158 valence electrons. The lowest BCUT2D eigenvalue weighted by atomic mass is 9.88. The first-order chi connectivity index (χ1) is 14.9. The largest absolute Gasteiger partial charge is 0.507 e. The maximum atomic E-state index is 13.3. The molecule has 31 heavy (non-hydrogen) atoms. The van der Waals surface area contributed by atoms with Gasteiger partial charge in [-0.15, -0.1) is 0 Å². The number of ether oxygens (including phenoxy) is 1. The molecule has 1 amide bonds. The summed E-state index contributed by atoms with van der Waals surface area (Å²) in [6.07, 6.45) is -0.463. The van der Waals surface area contributed by atoms with Crippen LogP contribution in [0.2, 0.25) is 0 Å². The number of carbonyl (C=O) groups is 2. The molecular weight excluding hydrogens is 394 g/mol. The van der Waals surface area contributed by atoms with Gasteiger partial charge in [0.15, 0.2) is 11.4 Å². The van der Waals surface area contributed by atoms with Gasteiger partial charge in [-0.25, -0.2) is 0 Å². The van der Waals surface area contributed by atoms with Crippen molar-refractivity contribution in [2.24, 2.45) is 0 Å². The van der Waals surface area contributed by atoms with Gasteiger partial charge in [0.25, 0.3) is 5.91 Å². The van der Waals surface area contributed by atoms with Gasteiger partial charge in [0.2, 0.25) is 0 Å².